The molecule has 0 aromatic heterocycles. The summed E-state index contributed by atoms with van der Waals surface area (Å²) in [5, 5.41) is 2.82. The number of likely N-dealkylation sites (tertiary alicyclic amines) is 1. The van der Waals surface area contributed by atoms with Crippen LogP contribution in [0.25, 0.3) is 0 Å². The highest BCUT2D eigenvalue weighted by Crippen LogP contribution is 2.31. The average Bonchev–Trinajstić information content (AvgIpc) is 2.72. The van der Waals surface area contributed by atoms with Gasteiger partial charge in [-0.25, -0.2) is 0 Å². The number of alkyl halides is 3. The molecule has 1 aliphatic rings. The molecule has 0 saturated carbocycles. The van der Waals surface area contributed by atoms with E-state index in [4.69, 9.17) is 0 Å². The second kappa shape index (κ2) is 9.27. The Morgan fingerprint density at radius 3 is 2.59 bits per heavy atom. The van der Waals surface area contributed by atoms with Gasteiger partial charge in [-0.05, 0) is 35.6 Å². The minimum Gasteiger partial charge on any atom is -0.352 e. The van der Waals surface area contributed by atoms with Gasteiger partial charge in [0, 0.05) is 26.2 Å². The second-order valence-electron chi connectivity index (χ2n) is 7.46. The van der Waals surface area contributed by atoms with Gasteiger partial charge < -0.3 is 5.32 Å². The first-order valence-corrected chi connectivity index (χ1v) is 9.69. The van der Waals surface area contributed by atoms with Gasteiger partial charge in [0.1, 0.15) is 0 Å². The van der Waals surface area contributed by atoms with Gasteiger partial charge in [-0.2, -0.15) is 13.2 Å². The smallest absolute Gasteiger partial charge is 0.352 e. The number of carbonyl (C=O) groups is 1. The average molecular weight is 402 g/mol. The van der Waals surface area contributed by atoms with Crippen LogP contribution in [0.4, 0.5) is 13.2 Å². The largest absolute Gasteiger partial charge is 0.416 e. The van der Waals surface area contributed by atoms with Crippen LogP contribution in [0.3, 0.4) is 0 Å². The number of halogens is 3. The molecular formula is C23H25F3N2O. The molecule has 29 heavy (non-hydrogen) atoms. The van der Waals surface area contributed by atoms with Crippen molar-refractivity contribution in [3.05, 3.63) is 83.9 Å². The minimum absolute atomic E-state index is 0.0801. The van der Waals surface area contributed by atoms with Gasteiger partial charge >= 0.3 is 6.18 Å². The molecule has 2 unspecified atom stereocenters. The molecule has 3 nitrogen and oxygen atoms in total. The standard InChI is InChI=1S/C23H25F3N2O/c1-2-11-28-15-19(18-8-4-3-5-9-18)13-20(16-28)22(29)27-14-17-7-6-10-21(12-17)23(24,25)26/h2-10,12,19-20H,1,11,13-16H2,(H,27,29). The van der Waals surface area contributed by atoms with Crippen LogP contribution < -0.4 is 5.32 Å². The molecular weight excluding hydrogens is 377 g/mol. The van der Waals surface area contributed by atoms with Crippen molar-refractivity contribution in [3.63, 3.8) is 0 Å². The Balaban J connectivity index is 1.66. The summed E-state index contributed by atoms with van der Waals surface area (Å²) in [4.78, 5) is 15.0. The number of carbonyl (C=O) groups excluding carboxylic acids is 1. The number of hydrogen-bond donors (Lipinski definition) is 1. The van der Waals surface area contributed by atoms with E-state index in [0.717, 1.165) is 18.7 Å². The molecule has 0 bridgehead atoms. The summed E-state index contributed by atoms with van der Waals surface area (Å²) in [7, 11) is 0. The van der Waals surface area contributed by atoms with E-state index < -0.39 is 11.7 Å². The first-order chi connectivity index (χ1) is 13.9. The van der Waals surface area contributed by atoms with E-state index in [-0.39, 0.29) is 24.3 Å². The first kappa shape index (κ1) is 21.1. The fraction of sp³-hybridized carbons (Fsp3) is 0.348. The van der Waals surface area contributed by atoms with E-state index in [1.807, 2.05) is 24.3 Å². The predicted octanol–water partition coefficient (Wildman–Crippen LogP) is 4.61. The van der Waals surface area contributed by atoms with Gasteiger partial charge in [-0.1, -0.05) is 48.5 Å². The van der Waals surface area contributed by atoms with Crippen molar-refractivity contribution in [1.82, 2.24) is 10.2 Å². The van der Waals surface area contributed by atoms with Crippen molar-refractivity contribution in [3.8, 4) is 0 Å². The molecule has 1 N–H and O–H groups in total. The molecule has 1 amide bonds. The molecule has 1 fully saturated rings. The minimum atomic E-state index is -4.39. The Bertz CT molecular complexity index is 836. The Hall–Kier alpha value is -2.60. The van der Waals surface area contributed by atoms with E-state index in [0.29, 0.717) is 25.1 Å². The number of amides is 1. The Morgan fingerprint density at radius 1 is 1.14 bits per heavy atom. The summed E-state index contributed by atoms with van der Waals surface area (Å²) in [5.41, 5.74) is 0.923. The zero-order valence-corrected chi connectivity index (χ0v) is 16.2. The molecule has 1 heterocycles. The van der Waals surface area contributed by atoms with Crippen LogP contribution in [-0.2, 0) is 17.5 Å². The fourth-order valence-electron chi connectivity index (χ4n) is 3.87. The number of nitrogens with one attached hydrogen (secondary N) is 1. The highest BCUT2D eigenvalue weighted by atomic mass is 19.4. The molecule has 2 atom stereocenters. The van der Waals surface area contributed by atoms with Crippen LogP contribution in [0.5, 0.6) is 0 Å². The lowest BCUT2D eigenvalue weighted by Crippen LogP contribution is -2.45. The molecule has 1 saturated heterocycles. The highest BCUT2D eigenvalue weighted by molar-refractivity contribution is 5.79. The molecule has 3 rings (SSSR count). The monoisotopic (exact) mass is 402 g/mol. The topological polar surface area (TPSA) is 32.3 Å². The quantitative estimate of drug-likeness (QED) is 0.716. The zero-order valence-electron chi connectivity index (χ0n) is 16.2. The number of rotatable bonds is 6. The normalized spacial score (nSPS) is 20.2. The lowest BCUT2D eigenvalue weighted by Gasteiger charge is -2.37. The summed E-state index contributed by atoms with van der Waals surface area (Å²) in [6.45, 7) is 6.04. The van der Waals surface area contributed by atoms with E-state index in [1.165, 1.54) is 11.6 Å². The Kier molecular flexibility index (Phi) is 6.75. The van der Waals surface area contributed by atoms with Crippen molar-refractivity contribution in [2.24, 2.45) is 5.92 Å². The van der Waals surface area contributed by atoms with Gasteiger partial charge in [0.15, 0.2) is 0 Å². The van der Waals surface area contributed by atoms with E-state index in [2.05, 4.69) is 28.9 Å². The van der Waals surface area contributed by atoms with Gasteiger partial charge in [-0.3, -0.25) is 9.69 Å². The van der Waals surface area contributed by atoms with Crippen LogP contribution in [0.1, 0.15) is 29.0 Å². The number of benzene rings is 2. The molecule has 2 aromatic carbocycles. The maximum absolute atomic E-state index is 12.9. The van der Waals surface area contributed by atoms with Crippen LogP contribution in [0, 0.1) is 5.92 Å². The summed E-state index contributed by atoms with van der Waals surface area (Å²) >= 11 is 0. The third-order valence-corrected chi connectivity index (χ3v) is 5.28. The number of nitrogens with zero attached hydrogens (tertiary/aromatic N) is 1. The number of piperidine rings is 1. The van der Waals surface area contributed by atoms with Gasteiger partial charge in [0.2, 0.25) is 5.91 Å². The van der Waals surface area contributed by atoms with Gasteiger partial charge in [0.05, 0.1) is 11.5 Å². The molecule has 0 aliphatic carbocycles. The zero-order chi connectivity index (χ0) is 20.9. The lowest BCUT2D eigenvalue weighted by molar-refractivity contribution is -0.137. The third kappa shape index (κ3) is 5.70. The molecule has 1 aliphatic heterocycles. The molecule has 154 valence electrons. The molecule has 0 radical (unpaired) electrons. The van der Waals surface area contributed by atoms with Crippen LogP contribution in [0.15, 0.2) is 67.3 Å². The van der Waals surface area contributed by atoms with E-state index in [1.54, 1.807) is 6.07 Å². The summed E-state index contributed by atoms with van der Waals surface area (Å²) in [5.74, 6) is -0.119. The summed E-state index contributed by atoms with van der Waals surface area (Å²) < 4.78 is 38.6. The second-order valence-corrected chi connectivity index (χ2v) is 7.46. The van der Waals surface area contributed by atoms with Gasteiger partial charge in [0.25, 0.3) is 0 Å². The van der Waals surface area contributed by atoms with E-state index >= 15 is 0 Å². The molecule has 6 heteroatoms. The third-order valence-electron chi connectivity index (χ3n) is 5.28. The van der Waals surface area contributed by atoms with Crippen molar-refractivity contribution >= 4 is 5.91 Å². The molecule has 0 spiro atoms. The summed E-state index contributed by atoms with van der Waals surface area (Å²) in [6, 6.07) is 15.2. The van der Waals surface area contributed by atoms with Gasteiger partial charge in [-0.15, -0.1) is 6.58 Å². The van der Waals surface area contributed by atoms with E-state index in [9.17, 15) is 18.0 Å². The first-order valence-electron chi connectivity index (χ1n) is 9.69. The predicted molar refractivity (Wildman–Crippen MR) is 107 cm³/mol. The highest BCUT2D eigenvalue weighted by Gasteiger charge is 2.32. The Morgan fingerprint density at radius 2 is 1.90 bits per heavy atom. The van der Waals surface area contributed by atoms with Crippen molar-refractivity contribution in [1.29, 1.82) is 0 Å². The number of hydrogen-bond acceptors (Lipinski definition) is 2. The SMILES string of the molecule is C=CCN1CC(C(=O)NCc2cccc(C(F)(F)F)c2)CC(c2ccccc2)C1. The lowest BCUT2D eigenvalue weighted by atomic mass is 9.84. The molecule has 2 aromatic rings. The maximum atomic E-state index is 12.9. The van der Waals surface area contributed by atoms with Crippen molar-refractivity contribution in [2.75, 3.05) is 19.6 Å². The fourth-order valence-corrected chi connectivity index (χ4v) is 3.87. The maximum Gasteiger partial charge on any atom is 0.416 e. The van der Waals surface area contributed by atoms with Crippen molar-refractivity contribution < 1.29 is 18.0 Å². The van der Waals surface area contributed by atoms with Crippen LogP contribution in [-0.4, -0.2) is 30.4 Å². The van der Waals surface area contributed by atoms with Crippen LogP contribution >= 0.6 is 0 Å². The Labute approximate surface area is 169 Å². The summed E-state index contributed by atoms with van der Waals surface area (Å²) in [6.07, 6.45) is -1.85. The van der Waals surface area contributed by atoms with Crippen molar-refractivity contribution in [2.45, 2.75) is 25.1 Å². The van der Waals surface area contributed by atoms with Crippen LogP contribution in [0.2, 0.25) is 0 Å².